The Labute approximate surface area is 130 Å². The minimum absolute atomic E-state index is 0.359. The van der Waals surface area contributed by atoms with Crippen molar-refractivity contribution in [3.8, 4) is 5.75 Å². The lowest BCUT2D eigenvalue weighted by molar-refractivity contribution is 0.282. The average Bonchev–Trinajstić information content (AvgIpc) is 2.85. The highest BCUT2D eigenvalue weighted by Crippen LogP contribution is 2.26. The van der Waals surface area contributed by atoms with Crippen molar-refractivity contribution in [3.63, 3.8) is 0 Å². The van der Waals surface area contributed by atoms with Crippen LogP contribution in [0, 0.1) is 5.92 Å². The summed E-state index contributed by atoms with van der Waals surface area (Å²) in [5.41, 5.74) is 1.12. The van der Waals surface area contributed by atoms with Crippen LogP contribution in [0.4, 0.5) is 0 Å². The fourth-order valence-corrected chi connectivity index (χ4v) is 2.27. The molecule has 6 heteroatoms. The van der Waals surface area contributed by atoms with Crippen LogP contribution in [-0.2, 0) is 19.7 Å². The predicted octanol–water partition coefficient (Wildman–Crippen LogP) is 2.89. The van der Waals surface area contributed by atoms with Crippen LogP contribution in [0.3, 0.4) is 0 Å². The van der Waals surface area contributed by atoms with E-state index in [-0.39, 0.29) is 0 Å². The van der Waals surface area contributed by atoms with E-state index in [0.29, 0.717) is 23.3 Å². The molecule has 0 amide bonds. The Morgan fingerprint density at radius 2 is 2.19 bits per heavy atom. The molecule has 0 fully saturated rings. The number of nitrogens with zero attached hydrogens (tertiary/aromatic N) is 3. The molecule has 21 heavy (non-hydrogen) atoms. The molecule has 0 radical (unpaired) electrons. The molecule has 0 aliphatic heterocycles. The van der Waals surface area contributed by atoms with E-state index in [1.54, 1.807) is 6.33 Å². The number of nitrogens with one attached hydrogen (secondary N) is 1. The van der Waals surface area contributed by atoms with Gasteiger partial charge in [0.1, 0.15) is 18.7 Å². The Kier molecular flexibility index (Phi) is 5.59. The minimum atomic E-state index is 0.359. The number of aromatic nitrogens is 3. The van der Waals surface area contributed by atoms with Gasteiger partial charge in [0, 0.05) is 13.1 Å². The zero-order chi connectivity index (χ0) is 15.2. The Morgan fingerprint density at radius 1 is 1.38 bits per heavy atom. The lowest BCUT2D eigenvalue weighted by Gasteiger charge is -2.11. The molecule has 0 aliphatic carbocycles. The summed E-state index contributed by atoms with van der Waals surface area (Å²) < 4.78 is 7.63. The van der Waals surface area contributed by atoms with E-state index < -0.39 is 0 Å². The molecule has 0 spiro atoms. The summed E-state index contributed by atoms with van der Waals surface area (Å²) in [6.45, 7) is 6.25. The monoisotopic (exact) mass is 308 g/mol. The molecule has 5 nitrogen and oxygen atoms in total. The van der Waals surface area contributed by atoms with Gasteiger partial charge < -0.3 is 10.1 Å². The molecule has 1 aromatic carbocycles. The van der Waals surface area contributed by atoms with E-state index in [9.17, 15) is 0 Å². The van der Waals surface area contributed by atoms with E-state index in [1.807, 2.05) is 29.9 Å². The highest BCUT2D eigenvalue weighted by Gasteiger charge is 2.09. The van der Waals surface area contributed by atoms with Crippen LogP contribution < -0.4 is 10.1 Å². The SMILES string of the molecule is CNCc1ccc(OCc2ncnn2CC(C)C)c(Cl)c1. The molecule has 0 atom stereocenters. The molecule has 1 heterocycles. The van der Waals surface area contributed by atoms with Crippen molar-refractivity contribution in [3.05, 3.63) is 40.9 Å². The quantitative estimate of drug-likeness (QED) is 0.854. The number of hydrogen-bond acceptors (Lipinski definition) is 4. The molecule has 0 saturated heterocycles. The van der Waals surface area contributed by atoms with Crippen molar-refractivity contribution in [2.45, 2.75) is 33.5 Å². The molecule has 0 aliphatic rings. The van der Waals surface area contributed by atoms with Gasteiger partial charge in [-0.25, -0.2) is 9.67 Å². The molecule has 0 saturated carbocycles. The Balaban J connectivity index is 2.01. The Bertz CT molecular complexity index is 583. The van der Waals surface area contributed by atoms with E-state index in [2.05, 4.69) is 29.2 Å². The normalized spacial score (nSPS) is 11.1. The largest absolute Gasteiger partial charge is 0.484 e. The van der Waals surface area contributed by atoms with Crippen LogP contribution >= 0.6 is 11.6 Å². The van der Waals surface area contributed by atoms with Crippen LogP contribution in [0.2, 0.25) is 5.02 Å². The average molecular weight is 309 g/mol. The van der Waals surface area contributed by atoms with Gasteiger partial charge in [-0.05, 0) is 30.7 Å². The lowest BCUT2D eigenvalue weighted by atomic mass is 10.2. The molecule has 1 N–H and O–H groups in total. The van der Waals surface area contributed by atoms with Crippen molar-refractivity contribution in [1.29, 1.82) is 0 Å². The lowest BCUT2D eigenvalue weighted by Crippen LogP contribution is -2.12. The minimum Gasteiger partial charge on any atom is -0.484 e. The zero-order valence-corrected chi connectivity index (χ0v) is 13.4. The maximum absolute atomic E-state index is 6.23. The van der Waals surface area contributed by atoms with Crippen molar-refractivity contribution < 1.29 is 4.74 Å². The summed E-state index contributed by atoms with van der Waals surface area (Å²) in [5, 5.41) is 7.91. The third-order valence-electron chi connectivity index (χ3n) is 2.97. The van der Waals surface area contributed by atoms with Crippen LogP contribution in [0.5, 0.6) is 5.75 Å². The molecule has 2 rings (SSSR count). The fourth-order valence-electron chi connectivity index (χ4n) is 2.02. The third kappa shape index (κ3) is 4.44. The van der Waals surface area contributed by atoms with Crippen LogP contribution in [-0.4, -0.2) is 21.8 Å². The second-order valence-corrected chi connectivity index (χ2v) is 5.74. The maximum atomic E-state index is 6.23. The Hall–Kier alpha value is -1.59. The van der Waals surface area contributed by atoms with E-state index in [0.717, 1.165) is 24.5 Å². The highest BCUT2D eigenvalue weighted by atomic mass is 35.5. The molecule has 114 valence electrons. The summed E-state index contributed by atoms with van der Waals surface area (Å²) in [5.74, 6) is 1.98. The first kappa shape index (κ1) is 15.8. The summed E-state index contributed by atoms with van der Waals surface area (Å²) in [4.78, 5) is 4.23. The highest BCUT2D eigenvalue weighted by molar-refractivity contribution is 6.32. The number of rotatable bonds is 7. The topological polar surface area (TPSA) is 52.0 Å². The fraction of sp³-hybridized carbons (Fsp3) is 0.467. The van der Waals surface area contributed by atoms with Crippen molar-refractivity contribution >= 4 is 11.6 Å². The van der Waals surface area contributed by atoms with Crippen molar-refractivity contribution in [2.75, 3.05) is 7.05 Å². The van der Waals surface area contributed by atoms with Crippen LogP contribution in [0.25, 0.3) is 0 Å². The van der Waals surface area contributed by atoms with Gasteiger partial charge in [-0.15, -0.1) is 0 Å². The van der Waals surface area contributed by atoms with Gasteiger partial charge in [0.25, 0.3) is 0 Å². The smallest absolute Gasteiger partial charge is 0.164 e. The van der Waals surface area contributed by atoms with Crippen LogP contribution in [0.1, 0.15) is 25.2 Å². The number of halogens is 1. The molecule has 0 unspecified atom stereocenters. The zero-order valence-electron chi connectivity index (χ0n) is 12.6. The first-order chi connectivity index (χ1) is 10.1. The predicted molar refractivity (Wildman–Crippen MR) is 83.4 cm³/mol. The first-order valence-corrected chi connectivity index (χ1v) is 7.40. The molecule has 0 bridgehead atoms. The summed E-state index contributed by atoms with van der Waals surface area (Å²) in [6.07, 6.45) is 1.55. The molecule has 2 aromatic rings. The van der Waals surface area contributed by atoms with Gasteiger partial charge in [0.15, 0.2) is 5.82 Å². The number of benzene rings is 1. The number of hydrogen-bond donors (Lipinski definition) is 1. The van der Waals surface area contributed by atoms with Crippen molar-refractivity contribution in [2.24, 2.45) is 5.92 Å². The van der Waals surface area contributed by atoms with E-state index >= 15 is 0 Å². The number of ether oxygens (including phenoxy) is 1. The molecular formula is C15H21ClN4O. The van der Waals surface area contributed by atoms with E-state index in [1.165, 1.54) is 0 Å². The molecule has 1 aromatic heterocycles. The van der Waals surface area contributed by atoms with Crippen LogP contribution in [0.15, 0.2) is 24.5 Å². The van der Waals surface area contributed by atoms with Gasteiger partial charge in [-0.3, -0.25) is 0 Å². The summed E-state index contributed by atoms with van der Waals surface area (Å²) in [6, 6.07) is 5.79. The van der Waals surface area contributed by atoms with Gasteiger partial charge in [-0.2, -0.15) is 5.10 Å². The van der Waals surface area contributed by atoms with E-state index in [4.69, 9.17) is 16.3 Å². The van der Waals surface area contributed by atoms with Gasteiger partial charge in [0.05, 0.1) is 5.02 Å². The summed E-state index contributed by atoms with van der Waals surface area (Å²) in [7, 11) is 1.90. The first-order valence-electron chi connectivity index (χ1n) is 7.02. The maximum Gasteiger partial charge on any atom is 0.164 e. The van der Waals surface area contributed by atoms with Gasteiger partial charge in [0.2, 0.25) is 0 Å². The second kappa shape index (κ2) is 7.43. The standard InChI is InChI=1S/C15H21ClN4O/c1-11(2)8-20-15(18-10-19-20)9-21-14-5-4-12(7-17-3)6-13(14)16/h4-6,10-11,17H,7-9H2,1-3H3. The summed E-state index contributed by atoms with van der Waals surface area (Å²) >= 11 is 6.23. The van der Waals surface area contributed by atoms with Crippen molar-refractivity contribution in [1.82, 2.24) is 20.1 Å². The second-order valence-electron chi connectivity index (χ2n) is 5.34. The Morgan fingerprint density at radius 3 is 2.86 bits per heavy atom. The van der Waals surface area contributed by atoms with Gasteiger partial charge >= 0.3 is 0 Å². The molecular weight excluding hydrogens is 288 g/mol. The van der Waals surface area contributed by atoms with Gasteiger partial charge in [-0.1, -0.05) is 31.5 Å². The third-order valence-corrected chi connectivity index (χ3v) is 3.26.